The number of allylic oxidation sites excluding steroid dienone is 4. The van der Waals surface area contributed by atoms with E-state index in [-0.39, 0.29) is 6.61 Å². The summed E-state index contributed by atoms with van der Waals surface area (Å²) in [4.78, 5) is 0. The van der Waals surface area contributed by atoms with Gasteiger partial charge < -0.3 is 15.3 Å². The van der Waals surface area contributed by atoms with Crippen molar-refractivity contribution in [2.24, 2.45) is 0 Å². The molecule has 3 N–H and O–H groups in total. The van der Waals surface area contributed by atoms with Crippen LogP contribution >= 0.6 is 0 Å². The molecule has 0 fully saturated rings. The minimum absolute atomic E-state index is 0.334. The van der Waals surface area contributed by atoms with E-state index in [0.29, 0.717) is 19.3 Å². The molecule has 0 aromatic rings. The number of aliphatic hydroxyl groups is 3. The summed E-state index contributed by atoms with van der Waals surface area (Å²) in [6, 6.07) is 0. The van der Waals surface area contributed by atoms with Crippen LogP contribution in [-0.2, 0) is 0 Å². The van der Waals surface area contributed by atoms with Gasteiger partial charge in [-0.05, 0) is 70.6 Å². The van der Waals surface area contributed by atoms with Crippen molar-refractivity contribution >= 4 is 0 Å². The molecule has 0 aromatic heterocycles. The standard InChI is InChI=1S/C57H112O3/c1-4-7-10-13-16-19-22-25-28-31-34-37-40-43-46-49-52-56(59,53-50-47-44-41-38-35-32-29-26-23-20-17-14-11-8-5-2)57(60,55-58)54-51-48-45-42-39-36-33-30-27-24-21-18-15-12-9-6-3/h25,27-28,30,58-60H,4-24,26,29,31-55H2,1-3H3/b28-25-,30-27-. The number of hydrogen-bond donors (Lipinski definition) is 3. The SMILES string of the molecule is CCCCCCCC/C=C\CCCCCCCCC(O)(CO)C(O)(CCCCCCCC/C=C\CCCCCCCC)CCCCCCCCCCCCCCCCCC. The molecule has 0 aromatic carbocycles. The second-order valence-electron chi connectivity index (χ2n) is 19.7. The predicted octanol–water partition coefficient (Wildman–Crippen LogP) is 18.9. The van der Waals surface area contributed by atoms with Crippen molar-refractivity contribution in [1.29, 1.82) is 0 Å². The quantitative estimate of drug-likeness (QED) is 0.0422. The molecule has 0 saturated carbocycles. The molecule has 2 atom stereocenters. The van der Waals surface area contributed by atoms with Crippen LogP contribution in [0.2, 0.25) is 0 Å². The minimum Gasteiger partial charge on any atom is -0.393 e. The van der Waals surface area contributed by atoms with Gasteiger partial charge in [0.05, 0.1) is 12.2 Å². The van der Waals surface area contributed by atoms with Crippen molar-refractivity contribution in [3.05, 3.63) is 24.3 Å². The highest BCUT2D eigenvalue weighted by Crippen LogP contribution is 2.37. The van der Waals surface area contributed by atoms with Crippen LogP contribution in [0.1, 0.15) is 323 Å². The van der Waals surface area contributed by atoms with Gasteiger partial charge in [-0.1, -0.05) is 276 Å². The normalized spacial score (nSPS) is 14.2. The van der Waals surface area contributed by atoms with Gasteiger partial charge >= 0.3 is 0 Å². The lowest BCUT2D eigenvalue weighted by Crippen LogP contribution is -2.56. The summed E-state index contributed by atoms with van der Waals surface area (Å²) in [6.07, 6.45) is 67.9. The molecule has 0 amide bonds. The average molecular weight is 846 g/mol. The second kappa shape index (κ2) is 47.8. The van der Waals surface area contributed by atoms with Crippen molar-refractivity contribution in [3.63, 3.8) is 0 Å². The van der Waals surface area contributed by atoms with Crippen LogP contribution in [0.15, 0.2) is 24.3 Å². The molecule has 0 spiro atoms. The van der Waals surface area contributed by atoms with E-state index in [1.165, 1.54) is 244 Å². The fourth-order valence-corrected chi connectivity index (χ4v) is 9.34. The Balaban J connectivity index is 4.52. The molecule has 0 aliphatic carbocycles. The van der Waals surface area contributed by atoms with Gasteiger partial charge in [-0.2, -0.15) is 0 Å². The van der Waals surface area contributed by atoms with Crippen molar-refractivity contribution in [1.82, 2.24) is 0 Å². The first kappa shape index (κ1) is 59.4. The average Bonchev–Trinajstić information content (AvgIpc) is 3.25. The Morgan fingerprint density at radius 2 is 0.433 bits per heavy atom. The number of unbranched alkanes of at least 4 members (excludes halogenated alkanes) is 39. The van der Waals surface area contributed by atoms with Crippen molar-refractivity contribution in [2.75, 3.05) is 6.61 Å². The molecule has 0 aliphatic heterocycles. The molecule has 60 heavy (non-hydrogen) atoms. The Morgan fingerprint density at radius 1 is 0.250 bits per heavy atom. The van der Waals surface area contributed by atoms with Crippen LogP contribution < -0.4 is 0 Å². The topological polar surface area (TPSA) is 60.7 Å². The van der Waals surface area contributed by atoms with E-state index in [9.17, 15) is 15.3 Å². The van der Waals surface area contributed by atoms with Crippen LogP contribution in [0.25, 0.3) is 0 Å². The lowest BCUT2D eigenvalue weighted by molar-refractivity contribution is -0.185. The zero-order valence-corrected chi connectivity index (χ0v) is 41.6. The Bertz CT molecular complexity index is 867. The maximum Gasteiger partial charge on any atom is 0.116 e. The third-order valence-corrected chi connectivity index (χ3v) is 13.8. The Morgan fingerprint density at radius 3 is 0.650 bits per heavy atom. The molecule has 3 nitrogen and oxygen atoms in total. The van der Waals surface area contributed by atoms with Crippen molar-refractivity contribution < 1.29 is 15.3 Å². The molecule has 0 bridgehead atoms. The fraction of sp³-hybridized carbons (Fsp3) is 0.930. The first-order valence-electron chi connectivity index (χ1n) is 27.8. The Hall–Kier alpha value is -0.640. The summed E-state index contributed by atoms with van der Waals surface area (Å²) in [5.41, 5.74) is -2.59. The molecule has 3 heteroatoms. The summed E-state index contributed by atoms with van der Waals surface area (Å²) in [5.74, 6) is 0. The molecule has 0 saturated heterocycles. The third-order valence-electron chi connectivity index (χ3n) is 13.8. The lowest BCUT2D eigenvalue weighted by atomic mass is 9.73. The van der Waals surface area contributed by atoms with Gasteiger partial charge in [0.1, 0.15) is 5.60 Å². The molecule has 0 aliphatic rings. The zero-order valence-electron chi connectivity index (χ0n) is 41.6. The molecule has 0 rings (SSSR count). The van der Waals surface area contributed by atoms with Crippen LogP contribution in [-0.4, -0.2) is 33.1 Å². The van der Waals surface area contributed by atoms with Crippen LogP contribution in [0.3, 0.4) is 0 Å². The molecule has 0 heterocycles. The highest BCUT2D eigenvalue weighted by molar-refractivity contribution is 4.99. The Kier molecular flexibility index (Phi) is 47.3. The monoisotopic (exact) mass is 845 g/mol. The number of hydrogen-bond acceptors (Lipinski definition) is 3. The highest BCUT2D eigenvalue weighted by Gasteiger charge is 2.47. The molecule has 358 valence electrons. The van der Waals surface area contributed by atoms with Crippen LogP contribution in [0.5, 0.6) is 0 Å². The molecular weight excluding hydrogens is 733 g/mol. The van der Waals surface area contributed by atoms with E-state index in [2.05, 4.69) is 45.1 Å². The maximum absolute atomic E-state index is 12.2. The summed E-state index contributed by atoms with van der Waals surface area (Å²) in [5, 5.41) is 34.6. The Labute approximate surface area is 378 Å². The van der Waals surface area contributed by atoms with Crippen LogP contribution in [0.4, 0.5) is 0 Å². The number of rotatable bonds is 51. The van der Waals surface area contributed by atoms with Gasteiger partial charge in [0, 0.05) is 0 Å². The van der Waals surface area contributed by atoms with E-state index in [0.717, 1.165) is 38.5 Å². The predicted molar refractivity (Wildman–Crippen MR) is 269 cm³/mol. The van der Waals surface area contributed by atoms with Crippen molar-refractivity contribution in [2.45, 2.75) is 334 Å². The zero-order chi connectivity index (χ0) is 43.8. The van der Waals surface area contributed by atoms with Gasteiger partial charge in [0.25, 0.3) is 0 Å². The molecule has 2 unspecified atom stereocenters. The summed E-state index contributed by atoms with van der Waals surface area (Å²) in [6.45, 7) is 6.53. The van der Waals surface area contributed by atoms with Gasteiger partial charge in [-0.25, -0.2) is 0 Å². The van der Waals surface area contributed by atoms with E-state index < -0.39 is 11.2 Å². The van der Waals surface area contributed by atoms with Gasteiger partial charge in [-0.3, -0.25) is 0 Å². The highest BCUT2D eigenvalue weighted by atomic mass is 16.4. The first-order chi connectivity index (χ1) is 29.5. The lowest BCUT2D eigenvalue weighted by Gasteiger charge is -2.43. The first-order valence-corrected chi connectivity index (χ1v) is 27.8. The van der Waals surface area contributed by atoms with E-state index >= 15 is 0 Å². The smallest absolute Gasteiger partial charge is 0.116 e. The second-order valence-corrected chi connectivity index (χ2v) is 19.7. The fourth-order valence-electron chi connectivity index (χ4n) is 9.34. The van der Waals surface area contributed by atoms with Gasteiger partial charge in [0.15, 0.2) is 0 Å². The van der Waals surface area contributed by atoms with Gasteiger partial charge in [-0.15, -0.1) is 0 Å². The van der Waals surface area contributed by atoms with Crippen LogP contribution in [0, 0.1) is 0 Å². The minimum atomic E-state index is -1.40. The van der Waals surface area contributed by atoms with Crippen molar-refractivity contribution in [3.8, 4) is 0 Å². The largest absolute Gasteiger partial charge is 0.393 e. The van der Waals surface area contributed by atoms with E-state index in [1.54, 1.807) is 0 Å². The maximum atomic E-state index is 12.2. The molecular formula is C57H112O3. The number of aliphatic hydroxyl groups excluding tert-OH is 1. The summed E-state index contributed by atoms with van der Waals surface area (Å²) in [7, 11) is 0. The third kappa shape index (κ3) is 39.0. The summed E-state index contributed by atoms with van der Waals surface area (Å²) >= 11 is 0. The molecule has 0 radical (unpaired) electrons. The van der Waals surface area contributed by atoms with Gasteiger partial charge in [0.2, 0.25) is 0 Å². The summed E-state index contributed by atoms with van der Waals surface area (Å²) < 4.78 is 0. The van der Waals surface area contributed by atoms with E-state index in [1.807, 2.05) is 0 Å². The van der Waals surface area contributed by atoms with E-state index in [4.69, 9.17) is 0 Å².